The SMILES string of the molecule is CC1Cc2ccccc2N(c2nc(CCl)co2)C1. The summed E-state index contributed by atoms with van der Waals surface area (Å²) in [6, 6.07) is 9.06. The zero-order valence-corrected chi connectivity index (χ0v) is 11.0. The maximum atomic E-state index is 5.77. The van der Waals surface area contributed by atoms with Gasteiger partial charge in [-0.05, 0) is 24.0 Å². The summed E-state index contributed by atoms with van der Waals surface area (Å²) in [6.45, 7) is 3.17. The van der Waals surface area contributed by atoms with Crippen molar-refractivity contribution in [3.05, 3.63) is 41.8 Å². The van der Waals surface area contributed by atoms with Crippen molar-refractivity contribution in [3.63, 3.8) is 0 Å². The van der Waals surface area contributed by atoms with Gasteiger partial charge in [-0.25, -0.2) is 0 Å². The van der Waals surface area contributed by atoms with Crippen molar-refractivity contribution in [1.82, 2.24) is 4.98 Å². The van der Waals surface area contributed by atoms with E-state index in [1.54, 1.807) is 6.26 Å². The number of aromatic nitrogens is 1. The molecule has 1 aromatic heterocycles. The van der Waals surface area contributed by atoms with Crippen molar-refractivity contribution >= 4 is 23.3 Å². The van der Waals surface area contributed by atoms with Gasteiger partial charge in [-0.15, -0.1) is 11.6 Å². The van der Waals surface area contributed by atoms with Gasteiger partial charge in [0.05, 0.1) is 11.6 Å². The molecule has 0 N–H and O–H groups in total. The fraction of sp³-hybridized carbons (Fsp3) is 0.357. The van der Waals surface area contributed by atoms with Crippen LogP contribution in [0.4, 0.5) is 11.7 Å². The zero-order valence-electron chi connectivity index (χ0n) is 10.3. The van der Waals surface area contributed by atoms with Gasteiger partial charge in [0, 0.05) is 12.2 Å². The van der Waals surface area contributed by atoms with E-state index in [1.165, 1.54) is 11.3 Å². The lowest BCUT2D eigenvalue weighted by Crippen LogP contribution is -2.30. The largest absolute Gasteiger partial charge is 0.431 e. The van der Waals surface area contributed by atoms with E-state index in [0.717, 1.165) is 18.7 Å². The van der Waals surface area contributed by atoms with Crippen LogP contribution >= 0.6 is 11.6 Å². The summed E-state index contributed by atoms with van der Waals surface area (Å²) in [5.41, 5.74) is 3.32. The minimum absolute atomic E-state index is 0.383. The van der Waals surface area contributed by atoms with Crippen molar-refractivity contribution in [2.24, 2.45) is 5.92 Å². The fourth-order valence-corrected chi connectivity index (χ4v) is 2.58. The van der Waals surface area contributed by atoms with Gasteiger partial charge in [-0.2, -0.15) is 4.98 Å². The first-order valence-corrected chi connectivity index (χ1v) is 6.67. The molecule has 0 saturated heterocycles. The Morgan fingerprint density at radius 2 is 2.28 bits per heavy atom. The molecule has 2 heterocycles. The Morgan fingerprint density at radius 3 is 3.06 bits per heavy atom. The molecule has 1 aromatic carbocycles. The minimum Gasteiger partial charge on any atom is -0.431 e. The lowest BCUT2D eigenvalue weighted by molar-refractivity contribution is 0.504. The molecule has 1 aliphatic rings. The van der Waals surface area contributed by atoms with Crippen LogP contribution in [0, 0.1) is 5.92 Å². The van der Waals surface area contributed by atoms with E-state index in [-0.39, 0.29) is 0 Å². The number of oxazole rings is 1. The molecule has 0 aliphatic carbocycles. The number of hydrogen-bond acceptors (Lipinski definition) is 3. The number of anilines is 2. The van der Waals surface area contributed by atoms with Crippen molar-refractivity contribution in [2.45, 2.75) is 19.2 Å². The lowest BCUT2D eigenvalue weighted by Gasteiger charge is -2.31. The molecule has 2 aromatic rings. The third-order valence-corrected chi connectivity index (χ3v) is 3.53. The molecule has 0 spiro atoms. The summed E-state index contributed by atoms with van der Waals surface area (Å²) in [7, 11) is 0. The highest BCUT2D eigenvalue weighted by atomic mass is 35.5. The van der Waals surface area contributed by atoms with Crippen molar-refractivity contribution in [2.75, 3.05) is 11.4 Å². The minimum atomic E-state index is 0.383. The number of halogens is 1. The zero-order chi connectivity index (χ0) is 12.5. The summed E-state index contributed by atoms with van der Waals surface area (Å²) >= 11 is 5.77. The smallest absolute Gasteiger partial charge is 0.302 e. The Balaban J connectivity index is 2.01. The third-order valence-electron chi connectivity index (χ3n) is 3.25. The van der Waals surface area contributed by atoms with Crippen molar-refractivity contribution in [1.29, 1.82) is 0 Å². The third kappa shape index (κ3) is 1.99. The van der Waals surface area contributed by atoms with Crippen molar-refractivity contribution < 1.29 is 4.42 Å². The average molecular weight is 263 g/mol. The Hall–Kier alpha value is -1.48. The fourth-order valence-electron chi connectivity index (χ4n) is 2.46. The van der Waals surface area contributed by atoms with E-state index < -0.39 is 0 Å². The molecule has 3 nitrogen and oxygen atoms in total. The van der Waals surface area contributed by atoms with Gasteiger partial charge in [0.2, 0.25) is 0 Å². The molecule has 0 fully saturated rings. The van der Waals surface area contributed by atoms with E-state index in [1.807, 2.05) is 6.07 Å². The van der Waals surface area contributed by atoms with Gasteiger partial charge < -0.3 is 4.42 Å². The molecule has 1 atom stereocenters. The van der Waals surface area contributed by atoms with E-state index in [0.29, 0.717) is 17.8 Å². The van der Waals surface area contributed by atoms with E-state index in [4.69, 9.17) is 16.0 Å². The maximum Gasteiger partial charge on any atom is 0.302 e. The van der Waals surface area contributed by atoms with Crippen LogP contribution < -0.4 is 4.90 Å². The first-order valence-electron chi connectivity index (χ1n) is 6.13. The van der Waals surface area contributed by atoms with Crippen LogP contribution in [0.3, 0.4) is 0 Å². The number of benzene rings is 1. The molecule has 1 aliphatic heterocycles. The predicted molar refractivity (Wildman–Crippen MR) is 72.4 cm³/mol. The van der Waals surface area contributed by atoms with Gasteiger partial charge >= 0.3 is 6.01 Å². The van der Waals surface area contributed by atoms with Gasteiger partial charge in [0.25, 0.3) is 0 Å². The molecule has 0 bridgehead atoms. The normalized spacial score (nSPS) is 18.8. The number of nitrogens with zero attached hydrogens (tertiary/aromatic N) is 2. The molecular weight excluding hydrogens is 248 g/mol. The molecule has 0 amide bonds. The second kappa shape index (κ2) is 4.65. The Morgan fingerprint density at radius 1 is 1.44 bits per heavy atom. The molecule has 18 heavy (non-hydrogen) atoms. The van der Waals surface area contributed by atoms with Crippen LogP contribution in [0.25, 0.3) is 0 Å². The topological polar surface area (TPSA) is 29.3 Å². The molecule has 3 rings (SSSR count). The van der Waals surface area contributed by atoms with E-state index in [2.05, 4.69) is 35.0 Å². The van der Waals surface area contributed by atoms with Gasteiger partial charge in [-0.1, -0.05) is 25.1 Å². The summed E-state index contributed by atoms with van der Waals surface area (Å²) < 4.78 is 5.53. The molecule has 94 valence electrons. The number of alkyl halides is 1. The Labute approximate surface area is 111 Å². The lowest BCUT2D eigenvalue weighted by atomic mass is 9.94. The summed E-state index contributed by atoms with van der Waals surface area (Å²) in [4.78, 5) is 6.55. The molecular formula is C14H15ClN2O. The predicted octanol–water partition coefficient (Wildman–Crippen LogP) is 3.74. The van der Waals surface area contributed by atoms with Crippen LogP contribution in [-0.4, -0.2) is 11.5 Å². The summed E-state index contributed by atoms with van der Waals surface area (Å²) in [5, 5.41) is 0. The number of rotatable bonds is 2. The maximum absolute atomic E-state index is 5.77. The second-order valence-electron chi connectivity index (χ2n) is 4.80. The highest BCUT2D eigenvalue weighted by molar-refractivity contribution is 6.16. The first-order chi connectivity index (χ1) is 8.78. The highest BCUT2D eigenvalue weighted by Crippen LogP contribution is 2.34. The average Bonchev–Trinajstić information content (AvgIpc) is 2.86. The number of hydrogen-bond donors (Lipinski definition) is 0. The van der Waals surface area contributed by atoms with Gasteiger partial charge in [0.1, 0.15) is 6.26 Å². The quantitative estimate of drug-likeness (QED) is 0.772. The van der Waals surface area contributed by atoms with Crippen LogP contribution in [0.2, 0.25) is 0 Å². The number of para-hydroxylation sites is 1. The molecule has 4 heteroatoms. The highest BCUT2D eigenvalue weighted by Gasteiger charge is 2.25. The van der Waals surface area contributed by atoms with Crippen LogP contribution in [0.5, 0.6) is 0 Å². The Kier molecular flexibility index (Phi) is 3.00. The number of fused-ring (bicyclic) bond motifs is 1. The van der Waals surface area contributed by atoms with Gasteiger partial charge in [0.15, 0.2) is 0 Å². The molecule has 0 saturated carbocycles. The standard InChI is InChI=1S/C14H15ClN2O/c1-10-6-11-4-2-3-5-13(11)17(8-10)14-16-12(7-15)9-18-14/h2-5,9-10H,6-8H2,1H3. The van der Waals surface area contributed by atoms with E-state index >= 15 is 0 Å². The molecule has 1 unspecified atom stereocenters. The van der Waals surface area contributed by atoms with Crippen LogP contribution in [0.15, 0.2) is 34.9 Å². The summed E-state index contributed by atoms with van der Waals surface area (Å²) in [5.74, 6) is 0.973. The van der Waals surface area contributed by atoms with Crippen LogP contribution in [-0.2, 0) is 12.3 Å². The molecule has 0 radical (unpaired) electrons. The van der Waals surface area contributed by atoms with E-state index in [9.17, 15) is 0 Å². The van der Waals surface area contributed by atoms with Crippen LogP contribution in [0.1, 0.15) is 18.2 Å². The van der Waals surface area contributed by atoms with Gasteiger partial charge in [-0.3, -0.25) is 4.90 Å². The first kappa shape index (κ1) is 11.6. The monoisotopic (exact) mass is 262 g/mol. The second-order valence-corrected chi connectivity index (χ2v) is 5.07. The Bertz CT molecular complexity index is 552. The van der Waals surface area contributed by atoms with Crippen molar-refractivity contribution in [3.8, 4) is 0 Å². The summed E-state index contributed by atoms with van der Waals surface area (Å²) in [6.07, 6.45) is 2.74.